The van der Waals surface area contributed by atoms with Gasteiger partial charge in [-0.1, -0.05) is 0 Å². The number of nitro groups is 1. The van der Waals surface area contributed by atoms with Gasteiger partial charge in [0.25, 0.3) is 5.69 Å². The van der Waals surface area contributed by atoms with Crippen molar-refractivity contribution in [2.24, 2.45) is 0 Å². The predicted octanol–water partition coefficient (Wildman–Crippen LogP) is 1.21. The minimum atomic E-state index is -3.54. The highest BCUT2D eigenvalue weighted by Crippen LogP contribution is 2.32. The van der Waals surface area contributed by atoms with Crippen LogP contribution in [0, 0.1) is 10.1 Å². The maximum Gasteiger partial charge on any atom is 0.270 e. The highest BCUT2D eigenvalue weighted by Gasteiger charge is 2.29. The first-order chi connectivity index (χ1) is 12.3. The van der Waals surface area contributed by atoms with Crippen molar-refractivity contribution in [2.45, 2.75) is 23.8 Å². The summed E-state index contributed by atoms with van der Waals surface area (Å²) in [5.74, 6) is 0. The standard InChI is InChI=1S/C17H26N4O4S/c1-18-9-11-19(12-10-18)14-5-7-20(8-6-14)16-4-3-15(21(22)23)13-17(16)26(2,24)25/h3-4,13-14H,5-12H2,1-2H3. The van der Waals surface area contributed by atoms with Crippen LogP contribution in [-0.2, 0) is 9.84 Å². The molecule has 0 N–H and O–H groups in total. The smallest absolute Gasteiger partial charge is 0.270 e. The zero-order chi connectivity index (χ0) is 18.9. The lowest BCUT2D eigenvalue weighted by Crippen LogP contribution is -2.52. The van der Waals surface area contributed by atoms with Crippen LogP contribution >= 0.6 is 0 Å². The molecule has 0 atom stereocenters. The van der Waals surface area contributed by atoms with E-state index >= 15 is 0 Å². The molecule has 26 heavy (non-hydrogen) atoms. The van der Waals surface area contributed by atoms with Gasteiger partial charge in [0.15, 0.2) is 9.84 Å². The summed E-state index contributed by atoms with van der Waals surface area (Å²) in [6.45, 7) is 5.84. The van der Waals surface area contributed by atoms with Gasteiger partial charge in [-0.3, -0.25) is 15.0 Å². The van der Waals surface area contributed by atoms with E-state index < -0.39 is 14.8 Å². The maximum absolute atomic E-state index is 12.2. The molecule has 0 bridgehead atoms. The van der Waals surface area contributed by atoms with E-state index in [1.807, 2.05) is 4.90 Å². The van der Waals surface area contributed by atoms with E-state index in [-0.39, 0.29) is 10.6 Å². The monoisotopic (exact) mass is 382 g/mol. The Labute approximate surface area is 154 Å². The van der Waals surface area contributed by atoms with E-state index in [2.05, 4.69) is 16.8 Å². The molecule has 2 fully saturated rings. The molecule has 0 spiro atoms. The zero-order valence-electron chi connectivity index (χ0n) is 15.3. The third kappa shape index (κ3) is 4.16. The predicted molar refractivity (Wildman–Crippen MR) is 101 cm³/mol. The number of hydrogen-bond donors (Lipinski definition) is 0. The fourth-order valence-electron chi connectivity index (χ4n) is 3.83. The molecule has 0 aromatic heterocycles. The lowest BCUT2D eigenvalue weighted by atomic mass is 10.0. The van der Waals surface area contributed by atoms with Crippen molar-refractivity contribution in [2.75, 3.05) is 57.5 Å². The first-order valence-electron chi connectivity index (χ1n) is 8.92. The third-order valence-corrected chi connectivity index (χ3v) is 6.54. The Morgan fingerprint density at radius 1 is 1.08 bits per heavy atom. The van der Waals surface area contributed by atoms with Gasteiger partial charge < -0.3 is 9.80 Å². The van der Waals surface area contributed by atoms with Gasteiger partial charge in [0.1, 0.15) is 0 Å². The largest absolute Gasteiger partial charge is 0.370 e. The van der Waals surface area contributed by atoms with Gasteiger partial charge in [0.2, 0.25) is 0 Å². The van der Waals surface area contributed by atoms with Crippen molar-refractivity contribution in [1.29, 1.82) is 0 Å². The highest BCUT2D eigenvalue weighted by molar-refractivity contribution is 7.90. The molecule has 0 unspecified atom stereocenters. The van der Waals surface area contributed by atoms with Crippen molar-refractivity contribution in [3.05, 3.63) is 28.3 Å². The SMILES string of the molecule is CN1CCN(C2CCN(c3ccc([N+](=O)[O-])cc3S(C)(=O)=O)CC2)CC1. The van der Waals surface area contributed by atoms with Crippen LogP contribution in [0.1, 0.15) is 12.8 Å². The zero-order valence-corrected chi connectivity index (χ0v) is 16.1. The summed E-state index contributed by atoms with van der Waals surface area (Å²) in [5, 5.41) is 11.0. The Morgan fingerprint density at radius 2 is 1.69 bits per heavy atom. The Hall–Kier alpha value is -1.71. The quantitative estimate of drug-likeness (QED) is 0.571. The Kier molecular flexibility index (Phi) is 5.50. The average molecular weight is 382 g/mol. The Morgan fingerprint density at radius 3 is 2.23 bits per heavy atom. The van der Waals surface area contributed by atoms with Gasteiger partial charge in [-0.25, -0.2) is 8.42 Å². The molecule has 3 rings (SSSR count). The normalized spacial score (nSPS) is 21.1. The molecular weight excluding hydrogens is 356 g/mol. The van der Waals surface area contributed by atoms with E-state index in [1.165, 1.54) is 12.1 Å². The van der Waals surface area contributed by atoms with Gasteiger partial charge in [-0.05, 0) is 26.0 Å². The molecule has 0 amide bonds. The van der Waals surface area contributed by atoms with Crippen LogP contribution in [0.5, 0.6) is 0 Å². The maximum atomic E-state index is 12.2. The second-order valence-electron chi connectivity index (χ2n) is 7.24. The number of benzene rings is 1. The van der Waals surface area contributed by atoms with Crippen LogP contribution in [0.25, 0.3) is 0 Å². The van der Waals surface area contributed by atoms with E-state index in [4.69, 9.17) is 0 Å². The molecule has 0 saturated carbocycles. The number of nitrogens with zero attached hydrogens (tertiary/aromatic N) is 4. The topological polar surface area (TPSA) is 87.0 Å². The number of non-ortho nitro benzene ring substituents is 1. The number of rotatable bonds is 4. The molecule has 2 aliphatic rings. The molecule has 0 aliphatic carbocycles. The average Bonchev–Trinajstić information content (AvgIpc) is 2.61. The van der Waals surface area contributed by atoms with Crippen LogP contribution in [0.3, 0.4) is 0 Å². The molecule has 1 aromatic rings. The summed E-state index contributed by atoms with van der Waals surface area (Å²) in [6.07, 6.45) is 3.06. The summed E-state index contributed by atoms with van der Waals surface area (Å²) < 4.78 is 24.3. The summed E-state index contributed by atoms with van der Waals surface area (Å²) >= 11 is 0. The van der Waals surface area contributed by atoms with Gasteiger partial charge in [-0.15, -0.1) is 0 Å². The van der Waals surface area contributed by atoms with Gasteiger partial charge in [0.05, 0.1) is 15.5 Å². The summed E-state index contributed by atoms with van der Waals surface area (Å²) in [4.78, 5) is 17.4. The second kappa shape index (κ2) is 7.50. The first-order valence-corrected chi connectivity index (χ1v) is 10.8. The third-order valence-electron chi connectivity index (χ3n) is 5.41. The van der Waals surface area contributed by atoms with Crippen molar-refractivity contribution in [3.63, 3.8) is 0 Å². The second-order valence-corrected chi connectivity index (χ2v) is 9.22. The molecule has 144 valence electrons. The molecule has 2 saturated heterocycles. The van der Waals surface area contributed by atoms with Crippen LogP contribution in [0.15, 0.2) is 23.1 Å². The summed E-state index contributed by atoms with van der Waals surface area (Å²) in [5.41, 5.74) is 0.386. The summed E-state index contributed by atoms with van der Waals surface area (Å²) in [6, 6.07) is 4.66. The lowest BCUT2D eigenvalue weighted by Gasteiger charge is -2.42. The van der Waals surface area contributed by atoms with E-state index in [0.717, 1.165) is 58.4 Å². The van der Waals surface area contributed by atoms with Crippen LogP contribution in [0.2, 0.25) is 0 Å². The number of piperidine rings is 1. The molecule has 1 aromatic carbocycles. The van der Waals surface area contributed by atoms with Crippen molar-refractivity contribution in [3.8, 4) is 0 Å². The Bertz CT molecular complexity index is 767. The van der Waals surface area contributed by atoms with Crippen molar-refractivity contribution < 1.29 is 13.3 Å². The van der Waals surface area contributed by atoms with Gasteiger partial charge in [-0.2, -0.15) is 0 Å². The van der Waals surface area contributed by atoms with Crippen LogP contribution in [-0.4, -0.2) is 81.8 Å². The van der Waals surface area contributed by atoms with E-state index in [9.17, 15) is 18.5 Å². The number of hydrogen-bond acceptors (Lipinski definition) is 7. The van der Waals surface area contributed by atoms with E-state index in [1.54, 1.807) is 6.07 Å². The van der Waals surface area contributed by atoms with Crippen molar-refractivity contribution in [1.82, 2.24) is 9.80 Å². The molecule has 0 radical (unpaired) electrons. The first kappa shape index (κ1) is 19.1. The van der Waals surface area contributed by atoms with Crippen molar-refractivity contribution >= 4 is 21.2 Å². The highest BCUT2D eigenvalue weighted by atomic mass is 32.2. The van der Waals surface area contributed by atoms with Gasteiger partial charge in [0, 0.05) is 63.7 Å². The molecular formula is C17H26N4O4S. The fourth-order valence-corrected chi connectivity index (χ4v) is 4.75. The number of piperazine rings is 1. The molecule has 9 heteroatoms. The number of nitro benzene ring substituents is 1. The van der Waals surface area contributed by atoms with Crippen LogP contribution < -0.4 is 4.90 Å². The number of likely N-dealkylation sites (N-methyl/N-ethyl adjacent to an activating group) is 1. The lowest BCUT2D eigenvalue weighted by molar-refractivity contribution is -0.385. The number of anilines is 1. The minimum Gasteiger partial charge on any atom is -0.370 e. The molecule has 2 aliphatic heterocycles. The molecule has 8 nitrogen and oxygen atoms in total. The minimum absolute atomic E-state index is 0.0461. The Balaban J connectivity index is 1.74. The van der Waals surface area contributed by atoms with E-state index in [0.29, 0.717) is 11.7 Å². The van der Waals surface area contributed by atoms with Gasteiger partial charge >= 0.3 is 0 Å². The molecule has 2 heterocycles. The van der Waals surface area contributed by atoms with Crippen LogP contribution in [0.4, 0.5) is 11.4 Å². The number of sulfone groups is 1. The fraction of sp³-hybridized carbons (Fsp3) is 0.647. The summed E-state index contributed by atoms with van der Waals surface area (Å²) in [7, 11) is -1.40.